The Hall–Kier alpha value is -2.14. The lowest BCUT2D eigenvalue weighted by molar-refractivity contribution is 0.298. The van der Waals surface area contributed by atoms with Gasteiger partial charge in [0.1, 0.15) is 24.0 Å². The van der Waals surface area contributed by atoms with Crippen LogP contribution in [0, 0.1) is 11.6 Å². The van der Waals surface area contributed by atoms with Crippen molar-refractivity contribution >= 4 is 17.8 Å². The van der Waals surface area contributed by atoms with Crippen molar-refractivity contribution in [3.8, 4) is 5.75 Å². The fourth-order valence-electron chi connectivity index (χ4n) is 1.61. The summed E-state index contributed by atoms with van der Waals surface area (Å²) in [5, 5.41) is 11.9. The van der Waals surface area contributed by atoms with E-state index in [-0.39, 0.29) is 12.2 Å². The zero-order valence-corrected chi connectivity index (χ0v) is 10.9. The van der Waals surface area contributed by atoms with Crippen LogP contribution >= 0.6 is 11.6 Å². The number of hydrogen-bond acceptors (Lipinski definition) is 3. The van der Waals surface area contributed by atoms with Crippen LogP contribution in [-0.2, 0) is 6.61 Å². The molecule has 20 heavy (non-hydrogen) atoms. The van der Waals surface area contributed by atoms with E-state index >= 15 is 0 Å². The van der Waals surface area contributed by atoms with Crippen LogP contribution in [0.1, 0.15) is 11.1 Å². The first-order chi connectivity index (χ1) is 9.60. The van der Waals surface area contributed by atoms with E-state index in [4.69, 9.17) is 21.5 Å². The van der Waals surface area contributed by atoms with E-state index in [1.807, 2.05) is 0 Å². The van der Waals surface area contributed by atoms with Gasteiger partial charge in [-0.15, -0.1) is 0 Å². The molecule has 2 aromatic rings. The zero-order valence-electron chi connectivity index (χ0n) is 10.2. The van der Waals surface area contributed by atoms with Gasteiger partial charge in [0.05, 0.1) is 6.21 Å². The summed E-state index contributed by atoms with van der Waals surface area (Å²) in [7, 11) is 0. The van der Waals surface area contributed by atoms with E-state index in [9.17, 15) is 8.78 Å². The lowest BCUT2D eigenvalue weighted by Gasteiger charge is -2.10. The third-order valence-electron chi connectivity index (χ3n) is 2.57. The normalized spacial score (nSPS) is 10.9. The van der Waals surface area contributed by atoms with Crippen LogP contribution in [0.4, 0.5) is 8.78 Å². The summed E-state index contributed by atoms with van der Waals surface area (Å²) in [4.78, 5) is 0. The molecule has 2 aromatic carbocycles. The van der Waals surface area contributed by atoms with E-state index in [1.165, 1.54) is 12.1 Å². The molecular weight excluding hydrogens is 288 g/mol. The van der Waals surface area contributed by atoms with Crippen molar-refractivity contribution in [2.24, 2.45) is 5.16 Å². The average molecular weight is 298 g/mol. The molecule has 0 atom stereocenters. The smallest absolute Gasteiger partial charge is 0.132 e. The maximum absolute atomic E-state index is 13.5. The molecule has 0 bridgehead atoms. The summed E-state index contributed by atoms with van der Waals surface area (Å²) in [6.07, 6.45) is 1.15. The third kappa shape index (κ3) is 3.45. The molecule has 3 nitrogen and oxygen atoms in total. The molecular formula is C14H10ClF2NO2. The zero-order chi connectivity index (χ0) is 14.5. The van der Waals surface area contributed by atoms with Crippen molar-refractivity contribution in [2.45, 2.75) is 6.61 Å². The number of benzene rings is 2. The van der Waals surface area contributed by atoms with Gasteiger partial charge in [0, 0.05) is 22.2 Å². The molecule has 0 heterocycles. The highest BCUT2D eigenvalue weighted by Gasteiger charge is 2.07. The second-order valence-electron chi connectivity index (χ2n) is 3.95. The molecule has 0 fully saturated rings. The van der Waals surface area contributed by atoms with Gasteiger partial charge in [0.25, 0.3) is 0 Å². The molecule has 0 saturated carbocycles. The Morgan fingerprint density at radius 3 is 2.70 bits per heavy atom. The van der Waals surface area contributed by atoms with Gasteiger partial charge in [0.2, 0.25) is 0 Å². The minimum Gasteiger partial charge on any atom is -0.488 e. The molecule has 1 N–H and O–H groups in total. The Morgan fingerprint density at radius 1 is 1.20 bits per heavy atom. The third-order valence-corrected chi connectivity index (χ3v) is 2.80. The average Bonchev–Trinajstić information content (AvgIpc) is 2.40. The minimum absolute atomic E-state index is 0.0833. The number of halogens is 3. The lowest BCUT2D eigenvalue weighted by atomic mass is 10.2. The first kappa shape index (κ1) is 14.3. The standard InChI is InChI=1S/C14H10ClF2NO2/c15-11-2-4-14(10(5-11)7-18-19)20-8-9-1-3-12(16)6-13(9)17/h1-7,19H,8H2/b18-7+. The van der Waals surface area contributed by atoms with Gasteiger partial charge in [-0.05, 0) is 30.3 Å². The summed E-state index contributed by atoms with van der Waals surface area (Å²) in [6, 6.07) is 7.95. The van der Waals surface area contributed by atoms with Crippen LogP contribution in [0.3, 0.4) is 0 Å². The molecule has 6 heteroatoms. The number of nitrogens with zero attached hydrogens (tertiary/aromatic N) is 1. The Morgan fingerprint density at radius 2 is 2.00 bits per heavy atom. The highest BCUT2D eigenvalue weighted by molar-refractivity contribution is 6.30. The molecule has 0 spiro atoms. The van der Waals surface area contributed by atoms with Crippen molar-refractivity contribution in [2.75, 3.05) is 0 Å². The number of rotatable bonds is 4. The summed E-state index contributed by atoms with van der Waals surface area (Å²) < 4.78 is 31.7. The van der Waals surface area contributed by atoms with Crippen LogP contribution in [0.2, 0.25) is 5.02 Å². The highest BCUT2D eigenvalue weighted by atomic mass is 35.5. The second kappa shape index (κ2) is 6.34. The topological polar surface area (TPSA) is 41.8 Å². The van der Waals surface area contributed by atoms with Gasteiger partial charge in [-0.2, -0.15) is 0 Å². The van der Waals surface area contributed by atoms with Crippen LogP contribution in [0.25, 0.3) is 0 Å². The number of oxime groups is 1. The molecule has 0 aliphatic carbocycles. The SMILES string of the molecule is O/N=C/c1cc(Cl)ccc1OCc1ccc(F)cc1F. The molecule has 0 saturated heterocycles. The highest BCUT2D eigenvalue weighted by Crippen LogP contribution is 2.23. The van der Waals surface area contributed by atoms with Gasteiger partial charge in [0.15, 0.2) is 0 Å². The van der Waals surface area contributed by atoms with E-state index in [0.717, 1.165) is 18.3 Å². The molecule has 104 valence electrons. The van der Waals surface area contributed by atoms with Crippen molar-refractivity contribution in [1.29, 1.82) is 0 Å². The predicted octanol–water partition coefficient (Wildman–Crippen LogP) is 4.01. The van der Waals surface area contributed by atoms with Crippen LogP contribution in [0.5, 0.6) is 5.75 Å². The predicted molar refractivity (Wildman–Crippen MR) is 71.5 cm³/mol. The Balaban J connectivity index is 2.18. The van der Waals surface area contributed by atoms with E-state index in [2.05, 4.69) is 5.16 Å². The van der Waals surface area contributed by atoms with E-state index < -0.39 is 11.6 Å². The lowest BCUT2D eigenvalue weighted by Crippen LogP contribution is -2.01. The Labute approximate surface area is 119 Å². The Kier molecular flexibility index (Phi) is 4.53. The maximum atomic E-state index is 13.5. The van der Waals surface area contributed by atoms with Crippen molar-refractivity contribution in [3.05, 3.63) is 64.2 Å². The Bertz CT molecular complexity index is 647. The monoisotopic (exact) mass is 297 g/mol. The minimum atomic E-state index is -0.684. The van der Waals surface area contributed by atoms with Gasteiger partial charge < -0.3 is 9.94 Å². The van der Waals surface area contributed by atoms with Crippen molar-refractivity contribution in [3.63, 3.8) is 0 Å². The summed E-state index contributed by atoms with van der Waals surface area (Å²) in [6.45, 7) is -0.0833. The fraction of sp³-hybridized carbons (Fsp3) is 0.0714. The van der Waals surface area contributed by atoms with Crippen LogP contribution in [-0.4, -0.2) is 11.4 Å². The van der Waals surface area contributed by atoms with Crippen molar-refractivity contribution < 1.29 is 18.7 Å². The molecule has 0 amide bonds. The van der Waals surface area contributed by atoms with Crippen LogP contribution < -0.4 is 4.74 Å². The van der Waals surface area contributed by atoms with Gasteiger partial charge in [-0.25, -0.2) is 8.78 Å². The summed E-state index contributed by atoms with van der Waals surface area (Å²) in [5.41, 5.74) is 0.663. The molecule has 0 aliphatic heterocycles. The molecule has 2 rings (SSSR count). The summed E-state index contributed by atoms with van der Waals surface area (Å²) in [5.74, 6) is -0.960. The molecule has 0 aliphatic rings. The first-order valence-corrected chi connectivity index (χ1v) is 6.01. The first-order valence-electron chi connectivity index (χ1n) is 5.64. The quantitative estimate of drug-likeness (QED) is 0.526. The van der Waals surface area contributed by atoms with Gasteiger partial charge in [-0.3, -0.25) is 0 Å². The van der Waals surface area contributed by atoms with Crippen molar-refractivity contribution in [1.82, 2.24) is 0 Å². The van der Waals surface area contributed by atoms with Gasteiger partial charge in [-0.1, -0.05) is 16.8 Å². The molecule has 0 radical (unpaired) electrons. The molecule has 0 unspecified atom stereocenters. The largest absolute Gasteiger partial charge is 0.488 e. The maximum Gasteiger partial charge on any atom is 0.132 e. The molecule has 0 aromatic heterocycles. The number of ether oxygens (including phenoxy) is 1. The van der Waals surface area contributed by atoms with Gasteiger partial charge >= 0.3 is 0 Å². The van der Waals surface area contributed by atoms with E-state index in [1.54, 1.807) is 12.1 Å². The fourth-order valence-corrected chi connectivity index (χ4v) is 1.79. The number of hydrogen-bond donors (Lipinski definition) is 1. The van der Waals surface area contributed by atoms with Crippen LogP contribution in [0.15, 0.2) is 41.6 Å². The van der Waals surface area contributed by atoms with E-state index in [0.29, 0.717) is 16.3 Å². The summed E-state index contributed by atoms with van der Waals surface area (Å²) >= 11 is 5.81. The second-order valence-corrected chi connectivity index (χ2v) is 4.39.